The van der Waals surface area contributed by atoms with Crippen LogP contribution < -0.4 is 4.74 Å². The summed E-state index contributed by atoms with van der Waals surface area (Å²) in [4.78, 5) is 15.3. The summed E-state index contributed by atoms with van der Waals surface area (Å²) in [6, 6.07) is 15.3. The van der Waals surface area contributed by atoms with Gasteiger partial charge in [0, 0.05) is 7.05 Å². The summed E-state index contributed by atoms with van der Waals surface area (Å²) >= 11 is 2.93. The minimum Gasteiger partial charge on any atom is -0.495 e. The lowest BCUT2D eigenvalue weighted by Crippen LogP contribution is -2.27. The van der Waals surface area contributed by atoms with Gasteiger partial charge in [0.1, 0.15) is 11.5 Å². The van der Waals surface area contributed by atoms with Crippen LogP contribution in [0.25, 0.3) is 16.4 Å². The summed E-state index contributed by atoms with van der Waals surface area (Å²) < 4.78 is 12.8. The van der Waals surface area contributed by atoms with Crippen LogP contribution in [0.3, 0.4) is 0 Å². The number of methoxy groups -OCH3 is 1. The molecule has 0 aliphatic rings. The largest absolute Gasteiger partial charge is 0.495 e. The number of furan rings is 1. The fraction of sp³-hybridized carbons (Fsp3) is 0.190. The van der Waals surface area contributed by atoms with Crippen LogP contribution in [0.4, 0.5) is 0 Å². The lowest BCUT2D eigenvalue weighted by molar-refractivity contribution is -0.127. The zero-order valence-corrected chi connectivity index (χ0v) is 18.2. The third-order valence-corrected chi connectivity index (χ3v) is 6.20. The Morgan fingerprint density at radius 3 is 2.80 bits per heavy atom. The summed E-state index contributed by atoms with van der Waals surface area (Å²) in [6.45, 7) is 0.423. The van der Waals surface area contributed by atoms with E-state index in [0.717, 1.165) is 16.3 Å². The first kappa shape index (κ1) is 20.2. The van der Waals surface area contributed by atoms with Crippen LogP contribution in [-0.4, -0.2) is 45.5 Å². The van der Waals surface area contributed by atoms with Crippen molar-refractivity contribution in [3.8, 4) is 22.1 Å². The quantitative estimate of drug-likeness (QED) is 0.379. The van der Waals surface area contributed by atoms with Gasteiger partial charge in [0.15, 0.2) is 11.0 Å². The number of rotatable bonds is 8. The van der Waals surface area contributed by atoms with E-state index in [4.69, 9.17) is 9.15 Å². The number of carbonyl (C=O) groups is 1. The minimum absolute atomic E-state index is 0.0244. The Morgan fingerprint density at radius 1 is 1.20 bits per heavy atom. The molecule has 0 fully saturated rings. The number of amides is 1. The molecule has 4 aromatic rings. The maximum atomic E-state index is 12.6. The number of aromatic nitrogens is 3. The fourth-order valence-corrected chi connectivity index (χ4v) is 4.51. The van der Waals surface area contributed by atoms with Gasteiger partial charge in [0.05, 0.1) is 36.2 Å². The first-order chi connectivity index (χ1) is 14.7. The number of nitrogens with zero attached hydrogens (tertiary/aromatic N) is 4. The summed E-state index contributed by atoms with van der Waals surface area (Å²) in [5.74, 6) is 2.37. The molecule has 3 aromatic heterocycles. The highest BCUT2D eigenvalue weighted by molar-refractivity contribution is 7.99. The Hall–Kier alpha value is -3.04. The Balaban J connectivity index is 1.60. The van der Waals surface area contributed by atoms with Gasteiger partial charge < -0.3 is 14.1 Å². The fourth-order valence-electron chi connectivity index (χ4n) is 2.92. The van der Waals surface area contributed by atoms with Crippen molar-refractivity contribution in [2.75, 3.05) is 19.9 Å². The second-order valence-corrected chi connectivity index (χ2v) is 8.30. The average Bonchev–Trinajstić information content (AvgIpc) is 3.53. The van der Waals surface area contributed by atoms with E-state index in [0.29, 0.717) is 23.3 Å². The van der Waals surface area contributed by atoms with Crippen molar-refractivity contribution in [2.45, 2.75) is 11.7 Å². The number of thiophene rings is 1. The molecule has 1 aromatic carbocycles. The summed E-state index contributed by atoms with van der Waals surface area (Å²) in [7, 11) is 3.39. The molecular formula is C21H20N4O3S2. The van der Waals surface area contributed by atoms with Crippen molar-refractivity contribution in [2.24, 2.45) is 0 Å². The first-order valence-corrected chi connectivity index (χ1v) is 11.1. The molecule has 0 bridgehead atoms. The molecule has 1 amide bonds. The van der Waals surface area contributed by atoms with Crippen LogP contribution in [0.15, 0.2) is 69.7 Å². The van der Waals surface area contributed by atoms with Crippen LogP contribution in [0.1, 0.15) is 5.76 Å². The molecule has 0 unspecified atom stereocenters. The van der Waals surface area contributed by atoms with E-state index < -0.39 is 0 Å². The summed E-state index contributed by atoms with van der Waals surface area (Å²) in [5.41, 5.74) is 0.826. The van der Waals surface area contributed by atoms with Crippen molar-refractivity contribution >= 4 is 29.0 Å². The molecule has 0 atom stereocenters. The summed E-state index contributed by atoms with van der Waals surface area (Å²) in [6.07, 6.45) is 1.60. The zero-order chi connectivity index (χ0) is 20.9. The SMILES string of the molecule is COc1ccccc1-n1c(SCC(=O)N(C)Cc2ccco2)nnc1-c1cccs1. The van der Waals surface area contributed by atoms with Gasteiger partial charge >= 0.3 is 0 Å². The van der Waals surface area contributed by atoms with Crippen LogP contribution in [-0.2, 0) is 11.3 Å². The van der Waals surface area contributed by atoms with E-state index in [9.17, 15) is 4.79 Å². The van der Waals surface area contributed by atoms with Crippen molar-refractivity contribution in [1.29, 1.82) is 0 Å². The lowest BCUT2D eigenvalue weighted by atomic mass is 10.3. The van der Waals surface area contributed by atoms with Gasteiger partial charge in [-0.1, -0.05) is 30.0 Å². The number of ether oxygens (including phenoxy) is 1. The highest BCUT2D eigenvalue weighted by Crippen LogP contribution is 2.34. The standard InChI is InChI=1S/C21H20N4O3S2/c1-24(13-15-7-5-11-28-15)19(26)14-30-21-23-22-20(18-10-6-12-29-18)25(21)16-8-3-4-9-17(16)27-2/h3-12H,13-14H2,1-2H3. The molecule has 0 spiro atoms. The number of hydrogen-bond acceptors (Lipinski definition) is 7. The Kier molecular flexibility index (Phi) is 6.20. The lowest BCUT2D eigenvalue weighted by Gasteiger charge is -2.16. The normalized spacial score (nSPS) is 10.9. The van der Waals surface area contributed by atoms with Gasteiger partial charge in [-0.3, -0.25) is 9.36 Å². The minimum atomic E-state index is -0.0244. The van der Waals surface area contributed by atoms with Crippen molar-refractivity contribution in [1.82, 2.24) is 19.7 Å². The molecular weight excluding hydrogens is 420 g/mol. The smallest absolute Gasteiger partial charge is 0.233 e. The molecule has 0 N–H and O–H groups in total. The Labute approximate surface area is 182 Å². The molecule has 154 valence electrons. The maximum absolute atomic E-state index is 12.6. The third-order valence-electron chi connectivity index (χ3n) is 4.42. The average molecular weight is 441 g/mol. The Bertz CT molecular complexity index is 1110. The predicted octanol–water partition coefficient (Wildman–Crippen LogP) is 4.35. The highest BCUT2D eigenvalue weighted by Gasteiger charge is 2.21. The van der Waals surface area contributed by atoms with Gasteiger partial charge in [-0.25, -0.2) is 0 Å². The van der Waals surface area contributed by atoms with Crippen LogP contribution in [0.5, 0.6) is 5.75 Å². The maximum Gasteiger partial charge on any atom is 0.233 e. The number of benzene rings is 1. The van der Waals surface area contributed by atoms with Gasteiger partial charge in [0.25, 0.3) is 0 Å². The van der Waals surface area contributed by atoms with E-state index >= 15 is 0 Å². The van der Waals surface area contributed by atoms with E-state index in [2.05, 4.69) is 10.2 Å². The molecule has 9 heteroatoms. The number of thioether (sulfide) groups is 1. The van der Waals surface area contributed by atoms with E-state index in [1.165, 1.54) is 11.8 Å². The molecule has 4 rings (SSSR count). The zero-order valence-electron chi connectivity index (χ0n) is 16.5. The van der Waals surface area contributed by atoms with Crippen molar-refractivity contribution < 1.29 is 13.9 Å². The molecule has 0 saturated carbocycles. The first-order valence-electron chi connectivity index (χ1n) is 9.19. The molecule has 0 saturated heterocycles. The van der Waals surface area contributed by atoms with Crippen LogP contribution in [0.2, 0.25) is 0 Å². The molecule has 0 aliphatic heterocycles. The summed E-state index contributed by atoms with van der Waals surface area (Å²) in [5, 5.41) is 11.4. The van der Waals surface area contributed by atoms with Gasteiger partial charge in [-0.15, -0.1) is 21.5 Å². The molecule has 30 heavy (non-hydrogen) atoms. The Morgan fingerprint density at radius 2 is 2.07 bits per heavy atom. The number of carbonyl (C=O) groups excluding carboxylic acids is 1. The molecule has 0 aliphatic carbocycles. The van der Waals surface area contributed by atoms with E-state index in [1.807, 2.05) is 58.5 Å². The van der Waals surface area contributed by atoms with Gasteiger partial charge in [-0.2, -0.15) is 0 Å². The highest BCUT2D eigenvalue weighted by atomic mass is 32.2. The van der Waals surface area contributed by atoms with Gasteiger partial charge in [-0.05, 0) is 35.7 Å². The number of para-hydroxylation sites is 2. The van der Waals surface area contributed by atoms with E-state index in [-0.39, 0.29) is 11.7 Å². The second-order valence-electron chi connectivity index (χ2n) is 6.41. The predicted molar refractivity (Wildman–Crippen MR) is 117 cm³/mol. The van der Waals surface area contributed by atoms with Gasteiger partial charge in [0.2, 0.25) is 5.91 Å². The topological polar surface area (TPSA) is 73.4 Å². The van der Waals surface area contributed by atoms with Crippen molar-refractivity contribution in [3.63, 3.8) is 0 Å². The molecule has 3 heterocycles. The third kappa shape index (κ3) is 4.27. The monoisotopic (exact) mass is 440 g/mol. The number of hydrogen-bond donors (Lipinski definition) is 0. The van der Waals surface area contributed by atoms with Crippen molar-refractivity contribution in [3.05, 3.63) is 65.9 Å². The molecule has 0 radical (unpaired) electrons. The molecule has 7 nitrogen and oxygen atoms in total. The van der Waals surface area contributed by atoms with Crippen LogP contribution >= 0.6 is 23.1 Å². The van der Waals surface area contributed by atoms with Crippen LogP contribution in [0, 0.1) is 0 Å². The second kappa shape index (κ2) is 9.19. The van der Waals surface area contributed by atoms with E-state index in [1.54, 1.807) is 36.7 Å².